The zero-order chi connectivity index (χ0) is 14.8. The maximum absolute atomic E-state index is 11.1. The minimum atomic E-state index is -0.897. The molecular weight excluding hydrogens is 266 g/mol. The average Bonchev–Trinajstić information content (AvgIpc) is 2.90. The van der Waals surface area contributed by atoms with E-state index < -0.39 is 5.97 Å². The van der Waals surface area contributed by atoms with Crippen molar-refractivity contribution >= 4 is 11.5 Å². The zero-order valence-corrected chi connectivity index (χ0v) is 12.3. The molecule has 1 fully saturated rings. The number of carboxylic acid groups (broad SMARTS) is 1. The Kier molecular flexibility index (Phi) is 3.92. The maximum atomic E-state index is 11.1. The van der Waals surface area contributed by atoms with Crippen molar-refractivity contribution in [2.75, 3.05) is 19.6 Å². The van der Waals surface area contributed by atoms with Crippen LogP contribution >= 0.6 is 0 Å². The normalized spacial score (nSPS) is 20.0. The van der Waals surface area contributed by atoms with E-state index >= 15 is 0 Å². The third-order valence-corrected chi connectivity index (χ3v) is 4.37. The summed E-state index contributed by atoms with van der Waals surface area (Å²) >= 11 is 0. The Morgan fingerprint density at radius 2 is 2.33 bits per heavy atom. The molecule has 1 aliphatic rings. The van der Waals surface area contributed by atoms with Crippen LogP contribution in [-0.4, -0.2) is 45.0 Å². The summed E-state index contributed by atoms with van der Waals surface area (Å²) in [6.07, 6.45) is 6.88. The van der Waals surface area contributed by atoms with Crippen LogP contribution in [0.3, 0.4) is 0 Å². The Balaban J connectivity index is 1.83. The van der Waals surface area contributed by atoms with E-state index in [1.165, 1.54) is 19.4 Å². The Bertz CT molecular complexity index is 650. The van der Waals surface area contributed by atoms with Crippen molar-refractivity contribution in [2.24, 2.45) is 5.92 Å². The molecule has 0 amide bonds. The standard InChI is InChI=1S/C16H21N3O2/c1-2-18-7-3-4-12(10-18)8-15-17-9-14-6-5-13(16(20)21)11-19(14)15/h5-6,9,11-12H,2-4,7-8,10H2,1H3,(H,20,21). The lowest BCUT2D eigenvalue weighted by atomic mass is 9.94. The van der Waals surface area contributed by atoms with Crippen LogP contribution in [-0.2, 0) is 6.42 Å². The van der Waals surface area contributed by atoms with Crippen molar-refractivity contribution in [3.63, 3.8) is 0 Å². The molecule has 1 saturated heterocycles. The number of aromatic carboxylic acids is 1. The number of hydrogen-bond acceptors (Lipinski definition) is 3. The minimum Gasteiger partial charge on any atom is -0.478 e. The maximum Gasteiger partial charge on any atom is 0.337 e. The molecule has 5 heteroatoms. The first-order chi connectivity index (χ1) is 10.2. The fourth-order valence-electron chi connectivity index (χ4n) is 3.18. The number of nitrogens with zero attached hydrogens (tertiary/aromatic N) is 3. The van der Waals surface area contributed by atoms with Gasteiger partial charge in [-0.05, 0) is 44.0 Å². The lowest BCUT2D eigenvalue weighted by molar-refractivity contribution is 0.0696. The second-order valence-corrected chi connectivity index (χ2v) is 5.80. The molecular formula is C16H21N3O2. The highest BCUT2D eigenvalue weighted by molar-refractivity contribution is 5.87. The SMILES string of the molecule is CCN1CCCC(Cc2ncc3ccc(C(=O)O)cn23)C1. The van der Waals surface area contributed by atoms with E-state index in [0.717, 1.165) is 30.9 Å². The second kappa shape index (κ2) is 5.85. The number of piperidine rings is 1. The molecule has 1 aliphatic heterocycles. The molecule has 1 atom stereocenters. The Hall–Kier alpha value is -1.88. The molecule has 0 saturated carbocycles. The first kappa shape index (κ1) is 14.1. The van der Waals surface area contributed by atoms with Gasteiger partial charge in [-0.2, -0.15) is 0 Å². The van der Waals surface area contributed by atoms with E-state index in [1.54, 1.807) is 12.3 Å². The number of rotatable bonds is 4. The Morgan fingerprint density at radius 3 is 3.10 bits per heavy atom. The predicted octanol–water partition coefficient (Wildman–Crippen LogP) is 2.31. The molecule has 0 radical (unpaired) electrons. The van der Waals surface area contributed by atoms with Gasteiger partial charge in [0.05, 0.1) is 17.3 Å². The summed E-state index contributed by atoms with van der Waals surface area (Å²) in [5.41, 5.74) is 1.26. The Labute approximate surface area is 124 Å². The monoisotopic (exact) mass is 287 g/mol. The number of carboxylic acids is 1. The number of hydrogen-bond donors (Lipinski definition) is 1. The van der Waals surface area contributed by atoms with Crippen molar-refractivity contribution in [2.45, 2.75) is 26.2 Å². The van der Waals surface area contributed by atoms with E-state index in [0.29, 0.717) is 11.5 Å². The van der Waals surface area contributed by atoms with Crippen molar-refractivity contribution in [1.82, 2.24) is 14.3 Å². The van der Waals surface area contributed by atoms with Crippen LogP contribution < -0.4 is 0 Å². The highest BCUT2D eigenvalue weighted by Gasteiger charge is 2.20. The van der Waals surface area contributed by atoms with Crippen molar-refractivity contribution < 1.29 is 9.90 Å². The van der Waals surface area contributed by atoms with Gasteiger partial charge in [0.2, 0.25) is 0 Å². The molecule has 2 aromatic heterocycles. The lowest BCUT2D eigenvalue weighted by Gasteiger charge is -2.31. The third-order valence-electron chi connectivity index (χ3n) is 4.37. The molecule has 1 N–H and O–H groups in total. The van der Waals surface area contributed by atoms with Crippen LogP contribution in [0.1, 0.15) is 35.9 Å². The van der Waals surface area contributed by atoms with Gasteiger partial charge in [0.25, 0.3) is 0 Å². The third kappa shape index (κ3) is 2.93. The van der Waals surface area contributed by atoms with Crippen LogP contribution in [0.2, 0.25) is 0 Å². The molecule has 0 spiro atoms. The van der Waals surface area contributed by atoms with Crippen LogP contribution in [0.15, 0.2) is 24.5 Å². The summed E-state index contributed by atoms with van der Waals surface area (Å²) in [4.78, 5) is 18.1. The van der Waals surface area contributed by atoms with Crippen molar-refractivity contribution in [1.29, 1.82) is 0 Å². The number of pyridine rings is 1. The fourth-order valence-corrected chi connectivity index (χ4v) is 3.18. The number of fused-ring (bicyclic) bond motifs is 1. The molecule has 0 bridgehead atoms. The van der Waals surface area contributed by atoms with Gasteiger partial charge in [-0.25, -0.2) is 9.78 Å². The quantitative estimate of drug-likeness (QED) is 0.937. The van der Waals surface area contributed by atoms with Gasteiger partial charge in [-0.15, -0.1) is 0 Å². The van der Waals surface area contributed by atoms with Crippen LogP contribution in [0, 0.1) is 5.92 Å². The van der Waals surface area contributed by atoms with Gasteiger partial charge in [-0.3, -0.25) is 0 Å². The summed E-state index contributed by atoms with van der Waals surface area (Å²) in [6, 6.07) is 3.45. The number of aromatic nitrogens is 2. The summed E-state index contributed by atoms with van der Waals surface area (Å²) in [5.74, 6) is 0.681. The highest BCUT2D eigenvalue weighted by Crippen LogP contribution is 2.21. The van der Waals surface area contributed by atoms with Gasteiger partial charge >= 0.3 is 5.97 Å². The van der Waals surface area contributed by atoms with Crippen molar-refractivity contribution in [3.8, 4) is 0 Å². The van der Waals surface area contributed by atoms with Gasteiger partial charge in [0, 0.05) is 19.2 Å². The summed E-state index contributed by atoms with van der Waals surface area (Å²) in [7, 11) is 0. The lowest BCUT2D eigenvalue weighted by Crippen LogP contribution is -2.36. The first-order valence-corrected chi connectivity index (χ1v) is 7.59. The van der Waals surface area contributed by atoms with E-state index in [1.807, 2.05) is 16.7 Å². The molecule has 3 heterocycles. The fraction of sp³-hybridized carbons (Fsp3) is 0.500. The number of carbonyl (C=O) groups is 1. The highest BCUT2D eigenvalue weighted by atomic mass is 16.4. The number of imidazole rings is 1. The van der Waals surface area contributed by atoms with E-state index in [9.17, 15) is 4.79 Å². The minimum absolute atomic E-state index is 0.306. The smallest absolute Gasteiger partial charge is 0.337 e. The molecule has 0 aliphatic carbocycles. The summed E-state index contributed by atoms with van der Waals surface area (Å²) in [6.45, 7) is 5.61. The number of likely N-dealkylation sites (tertiary alicyclic amines) is 1. The molecule has 0 aromatic carbocycles. The summed E-state index contributed by atoms with van der Waals surface area (Å²) < 4.78 is 1.92. The predicted molar refractivity (Wildman–Crippen MR) is 80.7 cm³/mol. The van der Waals surface area contributed by atoms with Gasteiger partial charge in [0.1, 0.15) is 5.82 Å². The zero-order valence-electron chi connectivity index (χ0n) is 12.3. The topological polar surface area (TPSA) is 57.8 Å². The van der Waals surface area contributed by atoms with Crippen LogP contribution in [0.25, 0.3) is 5.52 Å². The average molecular weight is 287 g/mol. The van der Waals surface area contributed by atoms with Crippen LogP contribution in [0.5, 0.6) is 0 Å². The molecule has 2 aromatic rings. The van der Waals surface area contributed by atoms with Gasteiger partial charge in [0.15, 0.2) is 0 Å². The molecule has 21 heavy (non-hydrogen) atoms. The first-order valence-electron chi connectivity index (χ1n) is 7.59. The van der Waals surface area contributed by atoms with E-state index in [-0.39, 0.29) is 0 Å². The van der Waals surface area contributed by atoms with Crippen LogP contribution in [0.4, 0.5) is 0 Å². The summed E-state index contributed by atoms with van der Waals surface area (Å²) in [5, 5.41) is 9.12. The Morgan fingerprint density at radius 1 is 1.48 bits per heavy atom. The second-order valence-electron chi connectivity index (χ2n) is 5.80. The molecule has 3 rings (SSSR count). The molecule has 112 valence electrons. The van der Waals surface area contributed by atoms with Crippen molar-refractivity contribution in [3.05, 3.63) is 35.9 Å². The van der Waals surface area contributed by atoms with E-state index in [2.05, 4.69) is 16.8 Å². The van der Waals surface area contributed by atoms with Gasteiger partial charge < -0.3 is 14.4 Å². The molecule has 1 unspecified atom stereocenters. The van der Waals surface area contributed by atoms with E-state index in [4.69, 9.17) is 5.11 Å². The largest absolute Gasteiger partial charge is 0.478 e. The molecule has 5 nitrogen and oxygen atoms in total. The van der Waals surface area contributed by atoms with Gasteiger partial charge in [-0.1, -0.05) is 6.92 Å².